The Balaban J connectivity index is 2.35. The van der Waals surface area contributed by atoms with Crippen LogP contribution in [-0.4, -0.2) is 27.1 Å². The molecule has 1 atom stereocenters. The number of hydrogen-bond acceptors (Lipinski definition) is 5. The smallest absolute Gasteiger partial charge is 0.326 e. The number of nitrogens with zero attached hydrogens (tertiary/aromatic N) is 2. The van der Waals surface area contributed by atoms with E-state index in [1.54, 1.807) is 11.3 Å². The van der Waals surface area contributed by atoms with Crippen LogP contribution in [0.25, 0.3) is 10.2 Å². The lowest BCUT2D eigenvalue weighted by atomic mass is 10.0. The molecule has 5 nitrogen and oxygen atoms in total. The zero-order chi connectivity index (χ0) is 14.7. The van der Waals surface area contributed by atoms with E-state index in [-0.39, 0.29) is 0 Å². The normalized spacial score (nSPS) is 12.8. The lowest BCUT2D eigenvalue weighted by molar-refractivity contribution is -0.138. The molecule has 0 saturated heterocycles. The predicted octanol–water partition coefficient (Wildman–Crippen LogP) is 3.16. The number of fused-ring (bicyclic) bond motifs is 1. The molecular formula is C14H19N3O2S. The fourth-order valence-corrected chi connectivity index (χ4v) is 2.81. The molecule has 0 amide bonds. The molecule has 108 valence electrons. The predicted molar refractivity (Wildman–Crippen MR) is 81.3 cm³/mol. The van der Waals surface area contributed by atoms with Crippen LogP contribution in [0.15, 0.2) is 11.4 Å². The first kappa shape index (κ1) is 14.7. The quantitative estimate of drug-likeness (QED) is 0.855. The summed E-state index contributed by atoms with van der Waals surface area (Å²) in [5, 5.41) is 15.2. The Bertz CT molecular complexity index is 609. The molecule has 2 heterocycles. The second-order valence-electron chi connectivity index (χ2n) is 5.15. The third kappa shape index (κ3) is 3.25. The van der Waals surface area contributed by atoms with Gasteiger partial charge in [-0.3, -0.25) is 0 Å². The molecule has 2 N–H and O–H groups in total. The summed E-state index contributed by atoms with van der Waals surface area (Å²) < 4.78 is 0. The van der Waals surface area contributed by atoms with E-state index in [9.17, 15) is 9.90 Å². The Morgan fingerprint density at radius 1 is 1.45 bits per heavy atom. The number of carboxylic acids is 1. The summed E-state index contributed by atoms with van der Waals surface area (Å²) in [6.07, 6.45) is 1.29. The second kappa shape index (κ2) is 6.17. The Labute approximate surface area is 122 Å². The molecule has 0 fully saturated rings. The third-order valence-electron chi connectivity index (χ3n) is 3.00. The van der Waals surface area contributed by atoms with E-state index in [4.69, 9.17) is 0 Å². The summed E-state index contributed by atoms with van der Waals surface area (Å²) in [6.45, 7) is 6.01. The van der Waals surface area contributed by atoms with E-state index in [2.05, 4.69) is 15.3 Å². The molecule has 0 aliphatic heterocycles. The fourth-order valence-electron chi connectivity index (χ4n) is 2.03. The molecule has 20 heavy (non-hydrogen) atoms. The van der Waals surface area contributed by atoms with Gasteiger partial charge in [0, 0.05) is 6.42 Å². The van der Waals surface area contributed by atoms with E-state index in [1.807, 2.05) is 32.2 Å². The Hall–Kier alpha value is -1.69. The van der Waals surface area contributed by atoms with E-state index in [0.717, 1.165) is 22.5 Å². The lowest BCUT2D eigenvalue weighted by Crippen LogP contribution is -2.31. The van der Waals surface area contributed by atoms with Crippen molar-refractivity contribution in [1.29, 1.82) is 0 Å². The number of thiophene rings is 1. The topological polar surface area (TPSA) is 75.1 Å². The van der Waals surface area contributed by atoms with Gasteiger partial charge in [-0.2, -0.15) is 0 Å². The highest BCUT2D eigenvalue weighted by atomic mass is 32.1. The summed E-state index contributed by atoms with van der Waals surface area (Å²) >= 11 is 1.54. The minimum atomic E-state index is -0.848. The SMILES string of the molecule is CCc1nc(N[C@@H](CC(C)C)C(=O)O)c2ccsc2n1. The summed E-state index contributed by atoms with van der Waals surface area (Å²) in [6, 6.07) is 1.30. The van der Waals surface area contributed by atoms with Crippen LogP contribution in [0.2, 0.25) is 0 Å². The van der Waals surface area contributed by atoms with Gasteiger partial charge in [-0.15, -0.1) is 11.3 Å². The lowest BCUT2D eigenvalue weighted by Gasteiger charge is -2.17. The van der Waals surface area contributed by atoms with Crippen molar-refractivity contribution < 1.29 is 9.90 Å². The van der Waals surface area contributed by atoms with Gasteiger partial charge in [-0.05, 0) is 23.8 Å². The van der Waals surface area contributed by atoms with Crippen LogP contribution in [0.4, 0.5) is 5.82 Å². The number of rotatable bonds is 6. The minimum absolute atomic E-state index is 0.300. The summed E-state index contributed by atoms with van der Waals surface area (Å²) in [5.74, 6) is 0.810. The molecule has 6 heteroatoms. The molecule has 0 spiro atoms. The third-order valence-corrected chi connectivity index (χ3v) is 3.81. The van der Waals surface area contributed by atoms with Crippen LogP contribution in [0.3, 0.4) is 0 Å². The van der Waals surface area contributed by atoms with Crippen LogP contribution in [0.5, 0.6) is 0 Å². The summed E-state index contributed by atoms with van der Waals surface area (Å²) in [5.41, 5.74) is 0. The van der Waals surface area contributed by atoms with Gasteiger partial charge in [0.05, 0.1) is 5.39 Å². The van der Waals surface area contributed by atoms with Crippen LogP contribution >= 0.6 is 11.3 Å². The van der Waals surface area contributed by atoms with E-state index in [0.29, 0.717) is 18.2 Å². The maximum absolute atomic E-state index is 11.4. The van der Waals surface area contributed by atoms with Gasteiger partial charge in [0.15, 0.2) is 0 Å². The monoisotopic (exact) mass is 293 g/mol. The molecule has 0 aliphatic rings. The van der Waals surface area contributed by atoms with Crippen molar-refractivity contribution in [2.24, 2.45) is 5.92 Å². The first-order valence-electron chi connectivity index (χ1n) is 6.74. The van der Waals surface area contributed by atoms with Crippen molar-refractivity contribution in [3.05, 3.63) is 17.3 Å². The number of aliphatic carboxylic acids is 1. The molecule has 0 aromatic carbocycles. The van der Waals surface area contributed by atoms with Gasteiger partial charge in [0.1, 0.15) is 22.5 Å². The summed E-state index contributed by atoms with van der Waals surface area (Å²) in [7, 11) is 0. The number of aryl methyl sites for hydroxylation is 1. The molecule has 0 bridgehead atoms. The van der Waals surface area contributed by atoms with Gasteiger partial charge >= 0.3 is 5.97 Å². The van der Waals surface area contributed by atoms with E-state index in [1.165, 1.54) is 0 Å². The molecule has 0 unspecified atom stereocenters. The standard InChI is InChI=1S/C14H19N3O2S/c1-4-11-16-12(9-5-6-20-13(9)17-11)15-10(14(18)19)7-8(2)3/h5-6,8,10H,4,7H2,1-3H3,(H,18,19)(H,15,16,17)/t10-/m0/s1. The summed E-state index contributed by atoms with van der Waals surface area (Å²) in [4.78, 5) is 21.2. The van der Waals surface area contributed by atoms with Crippen molar-refractivity contribution in [1.82, 2.24) is 9.97 Å². The molecular weight excluding hydrogens is 274 g/mol. The molecule has 0 saturated carbocycles. The second-order valence-corrected chi connectivity index (χ2v) is 6.04. The maximum atomic E-state index is 11.4. The number of aromatic nitrogens is 2. The number of carbonyl (C=O) groups is 1. The van der Waals surface area contributed by atoms with Gasteiger partial charge in [-0.25, -0.2) is 14.8 Å². The van der Waals surface area contributed by atoms with Gasteiger partial charge < -0.3 is 10.4 Å². The van der Waals surface area contributed by atoms with Crippen LogP contribution in [0.1, 0.15) is 33.0 Å². The highest BCUT2D eigenvalue weighted by molar-refractivity contribution is 7.16. The zero-order valence-corrected chi connectivity index (χ0v) is 12.7. The Morgan fingerprint density at radius 3 is 2.80 bits per heavy atom. The zero-order valence-electron chi connectivity index (χ0n) is 11.9. The van der Waals surface area contributed by atoms with Crippen LogP contribution in [0, 0.1) is 5.92 Å². The van der Waals surface area contributed by atoms with Gasteiger partial charge in [-0.1, -0.05) is 20.8 Å². The number of anilines is 1. The highest BCUT2D eigenvalue weighted by Gasteiger charge is 2.20. The molecule has 0 aliphatic carbocycles. The Kier molecular flexibility index (Phi) is 4.54. The average molecular weight is 293 g/mol. The van der Waals surface area contributed by atoms with Gasteiger partial charge in [0.25, 0.3) is 0 Å². The van der Waals surface area contributed by atoms with Crippen LogP contribution < -0.4 is 5.32 Å². The number of hydrogen-bond donors (Lipinski definition) is 2. The van der Waals surface area contributed by atoms with E-state index < -0.39 is 12.0 Å². The molecule has 0 radical (unpaired) electrons. The molecule has 2 rings (SSSR count). The first-order valence-corrected chi connectivity index (χ1v) is 7.62. The minimum Gasteiger partial charge on any atom is -0.480 e. The molecule has 2 aromatic rings. The van der Waals surface area contributed by atoms with Crippen molar-refractivity contribution in [2.75, 3.05) is 5.32 Å². The van der Waals surface area contributed by atoms with Crippen molar-refractivity contribution in [3.8, 4) is 0 Å². The van der Waals surface area contributed by atoms with Crippen LogP contribution in [-0.2, 0) is 11.2 Å². The van der Waals surface area contributed by atoms with Crippen molar-refractivity contribution >= 4 is 33.3 Å². The number of nitrogens with one attached hydrogen (secondary N) is 1. The fraction of sp³-hybridized carbons (Fsp3) is 0.500. The molecule has 2 aromatic heterocycles. The van der Waals surface area contributed by atoms with E-state index >= 15 is 0 Å². The highest BCUT2D eigenvalue weighted by Crippen LogP contribution is 2.26. The van der Waals surface area contributed by atoms with Crippen molar-refractivity contribution in [3.63, 3.8) is 0 Å². The maximum Gasteiger partial charge on any atom is 0.326 e. The van der Waals surface area contributed by atoms with Crippen molar-refractivity contribution in [2.45, 2.75) is 39.7 Å². The number of carboxylic acid groups (broad SMARTS) is 1. The largest absolute Gasteiger partial charge is 0.480 e. The Morgan fingerprint density at radius 2 is 2.20 bits per heavy atom. The first-order chi connectivity index (χ1) is 9.51. The van der Waals surface area contributed by atoms with Gasteiger partial charge in [0.2, 0.25) is 0 Å². The average Bonchev–Trinajstić information content (AvgIpc) is 2.85.